The first-order chi connectivity index (χ1) is 9.95. The maximum absolute atomic E-state index is 12.4. The first kappa shape index (κ1) is 13.6. The number of carbonyl (C=O) groups is 1. The number of fused-ring (bicyclic) bond motifs is 1. The van der Waals surface area contributed by atoms with Crippen LogP contribution in [0.3, 0.4) is 0 Å². The van der Waals surface area contributed by atoms with Gasteiger partial charge in [-0.2, -0.15) is 0 Å². The Labute approximate surface area is 125 Å². The fourth-order valence-corrected chi connectivity index (χ4v) is 2.82. The molecule has 3 aromatic rings. The third-order valence-corrected chi connectivity index (χ3v) is 4.25. The minimum absolute atomic E-state index is 0.264. The van der Waals surface area contributed by atoms with Crippen molar-refractivity contribution in [3.63, 3.8) is 0 Å². The van der Waals surface area contributed by atoms with Gasteiger partial charge in [0.25, 0.3) is 5.91 Å². The smallest absolute Gasteiger partial charge is 0.287 e. The van der Waals surface area contributed by atoms with E-state index in [1.807, 2.05) is 19.2 Å². The lowest BCUT2D eigenvalue weighted by Gasteiger charge is -2.22. The topological polar surface area (TPSA) is 81.2 Å². The van der Waals surface area contributed by atoms with Crippen molar-refractivity contribution in [1.82, 2.24) is 10.3 Å². The summed E-state index contributed by atoms with van der Waals surface area (Å²) in [7, 11) is 0. The fraction of sp³-hybridized carbons (Fsp3) is 0.200. The summed E-state index contributed by atoms with van der Waals surface area (Å²) in [5.41, 5.74) is 6.45. The molecule has 0 aliphatic heterocycles. The van der Waals surface area contributed by atoms with Crippen molar-refractivity contribution < 1.29 is 9.21 Å². The Morgan fingerprint density at radius 1 is 1.38 bits per heavy atom. The number of thiazole rings is 1. The maximum atomic E-state index is 12.4. The van der Waals surface area contributed by atoms with Gasteiger partial charge >= 0.3 is 0 Å². The Hall–Kier alpha value is -2.34. The number of hydrogen-bond acceptors (Lipinski definition) is 5. The average molecular weight is 301 g/mol. The molecule has 0 unspecified atom stereocenters. The van der Waals surface area contributed by atoms with Crippen molar-refractivity contribution in [3.05, 3.63) is 46.6 Å². The van der Waals surface area contributed by atoms with Gasteiger partial charge in [0.15, 0.2) is 5.76 Å². The Morgan fingerprint density at radius 2 is 2.19 bits per heavy atom. The number of rotatable bonds is 3. The summed E-state index contributed by atoms with van der Waals surface area (Å²) in [6.45, 7) is 3.81. The van der Waals surface area contributed by atoms with Gasteiger partial charge in [0, 0.05) is 22.7 Å². The van der Waals surface area contributed by atoms with Crippen molar-refractivity contribution in [2.24, 2.45) is 0 Å². The molecule has 0 saturated heterocycles. The second-order valence-electron chi connectivity index (χ2n) is 5.32. The number of nitrogen functional groups attached to an aromatic ring is 1. The van der Waals surface area contributed by atoms with Crippen molar-refractivity contribution in [1.29, 1.82) is 0 Å². The summed E-state index contributed by atoms with van der Waals surface area (Å²) in [5.74, 6) is -0.00907. The molecule has 0 aliphatic rings. The van der Waals surface area contributed by atoms with E-state index in [1.54, 1.807) is 30.5 Å². The summed E-state index contributed by atoms with van der Waals surface area (Å²) in [5, 5.41) is 6.47. The van der Waals surface area contributed by atoms with E-state index in [1.165, 1.54) is 11.3 Å². The second kappa shape index (κ2) is 4.89. The van der Waals surface area contributed by atoms with Crippen LogP contribution < -0.4 is 11.1 Å². The van der Waals surface area contributed by atoms with E-state index >= 15 is 0 Å². The largest absolute Gasteiger partial charge is 0.451 e. The Balaban J connectivity index is 1.87. The highest BCUT2D eigenvalue weighted by Crippen LogP contribution is 2.25. The molecule has 0 radical (unpaired) electrons. The molecule has 2 heterocycles. The molecule has 3 N–H and O–H groups in total. The Morgan fingerprint density at radius 3 is 2.90 bits per heavy atom. The Kier molecular flexibility index (Phi) is 3.17. The molecule has 3 rings (SSSR count). The molecule has 0 fully saturated rings. The lowest BCUT2D eigenvalue weighted by molar-refractivity contribution is 0.0885. The first-order valence-electron chi connectivity index (χ1n) is 6.47. The van der Waals surface area contributed by atoms with E-state index in [4.69, 9.17) is 10.2 Å². The number of carbonyl (C=O) groups excluding carboxylic acids is 1. The molecule has 1 amide bonds. The van der Waals surface area contributed by atoms with Crippen LogP contribution in [-0.2, 0) is 5.54 Å². The van der Waals surface area contributed by atoms with E-state index in [0.717, 1.165) is 10.4 Å². The van der Waals surface area contributed by atoms with Crippen LogP contribution in [0.15, 0.2) is 40.3 Å². The summed E-state index contributed by atoms with van der Waals surface area (Å²) >= 11 is 1.50. The van der Waals surface area contributed by atoms with E-state index in [0.29, 0.717) is 11.3 Å². The van der Waals surface area contributed by atoms with Crippen LogP contribution in [-0.4, -0.2) is 10.9 Å². The molecule has 2 aromatic heterocycles. The third kappa shape index (κ3) is 2.62. The predicted octanol–water partition coefficient (Wildman–Crippen LogP) is 3.14. The number of amides is 1. The van der Waals surface area contributed by atoms with Crippen LogP contribution in [0.5, 0.6) is 0 Å². The quantitative estimate of drug-likeness (QED) is 0.728. The first-order valence-corrected chi connectivity index (χ1v) is 7.35. The van der Waals surface area contributed by atoms with Gasteiger partial charge < -0.3 is 15.5 Å². The van der Waals surface area contributed by atoms with Crippen LogP contribution >= 0.6 is 11.3 Å². The van der Waals surface area contributed by atoms with E-state index in [-0.39, 0.29) is 11.7 Å². The van der Waals surface area contributed by atoms with Gasteiger partial charge in [0.1, 0.15) is 10.6 Å². The van der Waals surface area contributed by atoms with Gasteiger partial charge in [-0.15, -0.1) is 11.3 Å². The van der Waals surface area contributed by atoms with E-state index < -0.39 is 5.54 Å². The van der Waals surface area contributed by atoms with Gasteiger partial charge in [0.2, 0.25) is 0 Å². The number of anilines is 1. The zero-order chi connectivity index (χ0) is 15.0. The van der Waals surface area contributed by atoms with Gasteiger partial charge in [-0.25, -0.2) is 4.98 Å². The van der Waals surface area contributed by atoms with Crippen LogP contribution in [0, 0.1) is 0 Å². The number of benzene rings is 1. The normalized spacial score (nSPS) is 11.7. The van der Waals surface area contributed by atoms with Crippen LogP contribution in [0.4, 0.5) is 5.69 Å². The van der Waals surface area contributed by atoms with E-state index in [9.17, 15) is 4.79 Å². The lowest BCUT2D eigenvalue weighted by atomic mass is 10.1. The van der Waals surface area contributed by atoms with Crippen LogP contribution in [0.2, 0.25) is 0 Å². The highest BCUT2D eigenvalue weighted by atomic mass is 32.1. The van der Waals surface area contributed by atoms with Crippen molar-refractivity contribution in [2.45, 2.75) is 19.4 Å². The molecule has 0 spiro atoms. The zero-order valence-electron chi connectivity index (χ0n) is 11.7. The second-order valence-corrected chi connectivity index (χ2v) is 6.22. The molecular formula is C15H15N3O2S. The number of aromatic nitrogens is 1. The molecule has 21 heavy (non-hydrogen) atoms. The van der Waals surface area contributed by atoms with Crippen LogP contribution in [0.25, 0.3) is 11.0 Å². The zero-order valence-corrected chi connectivity index (χ0v) is 12.5. The highest BCUT2D eigenvalue weighted by Gasteiger charge is 2.27. The molecule has 5 nitrogen and oxygen atoms in total. The predicted molar refractivity (Wildman–Crippen MR) is 83.2 cm³/mol. The maximum Gasteiger partial charge on any atom is 0.287 e. The molecule has 1 aromatic carbocycles. The van der Waals surface area contributed by atoms with Crippen LogP contribution in [0.1, 0.15) is 29.4 Å². The highest BCUT2D eigenvalue weighted by molar-refractivity contribution is 7.09. The number of nitrogens with one attached hydrogen (secondary N) is 1. The van der Waals surface area contributed by atoms with Gasteiger partial charge in [-0.05, 0) is 38.1 Å². The minimum Gasteiger partial charge on any atom is -0.451 e. The summed E-state index contributed by atoms with van der Waals surface area (Å²) < 4.78 is 5.56. The number of hydrogen-bond donors (Lipinski definition) is 2. The molecule has 0 bridgehead atoms. The van der Waals surface area contributed by atoms with Crippen molar-refractivity contribution in [3.8, 4) is 0 Å². The molecule has 0 aliphatic carbocycles. The average Bonchev–Trinajstić information content (AvgIpc) is 3.07. The van der Waals surface area contributed by atoms with Gasteiger partial charge in [-0.1, -0.05) is 0 Å². The lowest BCUT2D eigenvalue weighted by Crippen LogP contribution is -2.40. The SMILES string of the molecule is CC(C)(NC(=O)c1cc2cc(N)ccc2o1)c1nccs1. The monoisotopic (exact) mass is 301 g/mol. The van der Waals surface area contributed by atoms with E-state index in [2.05, 4.69) is 10.3 Å². The molecule has 0 atom stereocenters. The summed E-state index contributed by atoms with van der Waals surface area (Å²) in [4.78, 5) is 16.6. The third-order valence-electron chi connectivity index (χ3n) is 3.16. The number of nitrogens with zero attached hydrogens (tertiary/aromatic N) is 1. The number of nitrogens with two attached hydrogens (primary N) is 1. The fourth-order valence-electron chi connectivity index (χ4n) is 2.10. The van der Waals surface area contributed by atoms with Crippen molar-refractivity contribution >= 4 is 33.9 Å². The molecule has 0 saturated carbocycles. The minimum atomic E-state index is -0.552. The van der Waals surface area contributed by atoms with Gasteiger partial charge in [-0.3, -0.25) is 4.79 Å². The molecular weight excluding hydrogens is 286 g/mol. The van der Waals surface area contributed by atoms with Crippen molar-refractivity contribution in [2.75, 3.05) is 5.73 Å². The Bertz CT molecular complexity index is 790. The number of furan rings is 1. The van der Waals surface area contributed by atoms with Gasteiger partial charge in [0.05, 0.1) is 5.54 Å². The molecule has 6 heteroatoms. The standard InChI is InChI=1S/C15H15N3O2S/c1-15(2,14-17-5-6-21-14)18-13(19)12-8-9-7-10(16)3-4-11(9)20-12/h3-8H,16H2,1-2H3,(H,18,19). The molecule has 108 valence electrons. The summed E-state index contributed by atoms with van der Waals surface area (Å²) in [6, 6.07) is 6.97. The summed E-state index contributed by atoms with van der Waals surface area (Å²) in [6.07, 6.45) is 1.72.